The SMILES string of the molecule is Cc1ccc(-c2ccccc2)cc1N(c1cc2c(cc1C)C(C)(C)c1cccc(C3CCCCC3)c1-2)C(C)(C)C. The van der Waals surface area contributed by atoms with Crippen molar-refractivity contribution in [3.63, 3.8) is 0 Å². The molecule has 0 amide bonds. The van der Waals surface area contributed by atoms with Crippen LogP contribution in [0.5, 0.6) is 0 Å². The molecule has 0 heterocycles. The Morgan fingerprint density at radius 2 is 1.38 bits per heavy atom. The van der Waals surface area contributed by atoms with Gasteiger partial charge in [-0.1, -0.05) is 99.8 Å². The van der Waals surface area contributed by atoms with Crippen LogP contribution in [0.15, 0.2) is 78.9 Å². The Morgan fingerprint density at radius 3 is 2.08 bits per heavy atom. The second-order valence-electron chi connectivity index (χ2n) is 13.8. The van der Waals surface area contributed by atoms with Crippen LogP contribution in [0.4, 0.5) is 11.4 Å². The van der Waals surface area contributed by atoms with Gasteiger partial charge in [-0.15, -0.1) is 0 Å². The Labute approximate surface area is 242 Å². The van der Waals surface area contributed by atoms with Crippen molar-refractivity contribution in [2.45, 2.75) is 97.4 Å². The third kappa shape index (κ3) is 4.48. The van der Waals surface area contributed by atoms with E-state index in [1.165, 1.54) is 88.0 Å². The highest BCUT2D eigenvalue weighted by atomic mass is 15.2. The minimum absolute atomic E-state index is 0.00827. The molecule has 1 fully saturated rings. The fraction of sp³-hybridized carbons (Fsp3) is 0.385. The van der Waals surface area contributed by atoms with Crippen LogP contribution in [-0.2, 0) is 5.41 Å². The summed E-state index contributed by atoms with van der Waals surface area (Å²) in [4.78, 5) is 2.60. The van der Waals surface area contributed by atoms with E-state index in [1.54, 1.807) is 5.56 Å². The van der Waals surface area contributed by atoms with Crippen LogP contribution in [-0.4, -0.2) is 5.54 Å². The van der Waals surface area contributed by atoms with Crippen molar-refractivity contribution < 1.29 is 0 Å². The molecule has 0 spiro atoms. The zero-order valence-corrected chi connectivity index (χ0v) is 25.6. The molecular weight excluding hydrogens is 482 g/mol. The second-order valence-corrected chi connectivity index (χ2v) is 13.8. The molecule has 0 aromatic heterocycles. The monoisotopic (exact) mass is 527 g/mol. The summed E-state index contributed by atoms with van der Waals surface area (Å²) in [5.41, 5.74) is 15.2. The molecule has 4 aromatic carbocycles. The number of nitrogens with zero attached hydrogens (tertiary/aromatic N) is 1. The third-order valence-corrected chi connectivity index (χ3v) is 9.56. The number of hydrogen-bond acceptors (Lipinski definition) is 1. The number of benzene rings is 4. The molecular formula is C39H45N. The van der Waals surface area contributed by atoms with Gasteiger partial charge in [-0.05, 0) is 116 Å². The number of fused-ring (bicyclic) bond motifs is 3. The van der Waals surface area contributed by atoms with Crippen molar-refractivity contribution in [2.75, 3.05) is 4.90 Å². The normalized spacial score (nSPS) is 16.5. The first-order valence-corrected chi connectivity index (χ1v) is 15.3. The first-order chi connectivity index (χ1) is 19.1. The second kappa shape index (κ2) is 9.95. The van der Waals surface area contributed by atoms with Crippen molar-refractivity contribution in [3.8, 4) is 22.3 Å². The van der Waals surface area contributed by atoms with E-state index >= 15 is 0 Å². The van der Waals surface area contributed by atoms with Crippen LogP contribution in [0.3, 0.4) is 0 Å². The van der Waals surface area contributed by atoms with Gasteiger partial charge in [0, 0.05) is 22.3 Å². The van der Waals surface area contributed by atoms with E-state index in [1.807, 2.05) is 0 Å². The Balaban J connectivity index is 1.56. The van der Waals surface area contributed by atoms with E-state index in [0.29, 0.717) is 5.92 Å². The Kier molecular flexibility index (Phi) is 6.68. The summed E-state index contributed by atoms with van der Waals surface area (Å²) in [7, 11) is 0. The fourth-order valence-electron chi connectivity index (χ4n) is 7.46. The molecule has 0 unspecified atom stereocenters. The first kappa shape index (κ1) is 26.9. The van der Waals surface area contributed by atoms with Crippen LogP contribution >= 0.6 is 0 Å². The maximum Gasteiger partial charge on any atom is 0.0451 e. The Hall–Kier alpha value is -3.32. The minimum atomic E-state index is -0.0983. The summed E-state index contributed by atoms with van der Waals surface area (Å²) in [6, 6.07) is 29.9. The summed E-state index contributed by atoms with van der Waals surface area (Å²) in [5.74, 6) is 0.679. The quantitative estimate of drug-likeness (QED) is 0.255. The van der Waals surface area contributed by atoms with Gasteiger partial charge in [0.2, 0.25) is 0 Å². The predicted molar refractivity (Wildman–Crippen MR) is 173 cm³/mol. The van der Waals surface area contributed by atoms with E-state index in [4.69, 9.17) is 0 Å². The van der Waals surface area contributed by atoms with Gasteiger partial charge >= 0.3 is 0 Å². The van der Waals surface area contributed by atoms with Crippen molar-refractivity contribution in [2.24, 2.45) is 0 Å². The molecule has 4 aromatic rings. The van der Waals surface area contributed by atoms with Crippen molar-refractivity contribution in [3.05, 3.63) is 107 Å². The van der Waals surface area contributed by atoms with Gasteiger partial charge in [0.1, 0.15) is 0 Å². The molecule has 2 aliphatic carbocycles. The van der Waals surface area contributed by atoms with E-state index in [-0.39, 0.29) is 11.0 Å². The van der Waals surface area contributed by atoms with E-state index < -0.39 is 0 Å². The third-order valence-electron chi connectivity index (χ3n) is 9.56. The zero-order chi connectivity index (χ0) is 28.2. The highest BCUT2D eigenvalue weighted by Crippen LogP contribution is 2.54. The van der Waals surface area contributed by atoms with Gasteiger partial charge in [0.15, 0.2) is 0 Å². The summed E-state index contributed by atoms with van der Waals surface area (Å²) in [6.45, 7) is 16.5. The lowest BCUT2D eigenvalue weighted by atomic mass is 9.78. The van der Waals surface area contributed by atoms with Crippen LogP contribution in [0, 0.1) is 13.8 Å². The van der Waals surface area contributed by atoms with Crippen LogP contribution in [0.25, 0.3) is 22.3 Å². The summed E-state index contributed by atoms with van der Waals surface area (Å²) in [6.07, 6.45) is 6.76. The van der Waals surface area contributed by atoms with Crippen molar-refractivity contribution in [1.82, 2.24) is 0 Å². The van der Waals surface area contributed by atoms with Gasteiger partial charge in [-0.3, -0.25) is 0 Å². The molecule has 2 aliphatic rings. The molecule has 0 atom stereocenters. The number of anilines is 2. The number of hydrogen-bond donors (Lipinski definition) is 0. The van der Waals surface area contributed by atoms with Gasteiger partial charge in [0.05, 0.1) is 0 Å². The topological polar surface area (TPSA) is 3.24 Å². The smallest absolute Gasteiger partial charge is 0.0451 e. The maximum atomic E-state index is 2.60. The molecule has 0 aliphatic heterocycles. The molecule has 0 saturated heterocycles. The standard InChI is InChI=1S/C39H45N/c1-26-21-22-30(28-15-10-8-11-16-28)24-35(26)40(38(3,4)5)36-25-32-34(23-27(36)2)39(6,7)33-20-14-19-31(37(32)33)29-17-12-9-13-18-29/h8,10-11,14-16,19-25,29H,9,12-13,17-18H2,1-7H3. The first-order valence-electron chi connectivity index (χ1n) is 15.3. The van der Waals surface area contributed by atoms with E-state index in [2.05, 4.69) is 132 Å². The van der Waals surface area contributed by atoms with Crippen molar-refractivity contribution in [1.29, 1.82) is 0 Å². The molecule has 1 nitrogen and oxygen atoms in total. The van der Waals surface area contributed by atoms with Crippen LogP contribution in [0.2, 0.25) is 0 Å². The summed E-state index contributed by atoms with van der Waals surface area (Å²) in [5, 5.41) is 0. The molecule has 6 rings (SSSR count). The maximum absolute atomic E-state index is 2.60. The van der Waals surface area contributed by atoms with Gasteiger partial charge < -0.3 is 4.90 Å². The number of aryl methyl sites for hydroxylation is 2. The van der Waals surface area contributed by atoms with Gasteiger partial charge in [-0.2, -0.15) is 0 Å². The Morgan fingerprint density at radius 1 is 0.675 bits per heavy atom. The lowest BCUT2D eigenvalue weighted by Gasteiger charge is -2.40. The molecule has 0 radical (unpaired) electrons. The van der Waals surface area contributed by atoms with Gasteiger partial charge in [-0.25, -0.2) is 0 Å². The number of rotatable bonds is 4. The molecule has 1 heteroatoms. The minimum Gasteiger partial charge on any atom is -0.336 e. The largest absolute Gasteiger partial charge is 0.336 e. The van der Waals surface area contributed by atoms with E-state index in [9.17, 15) is 0 Å². The molecule has 0 bridgehead atoms. The highest BCUT2D eigenvalue weighted by molar-refractivity contribution is 5.88. The lowest BCUT2D eigenvalue weighted by Crippen LogP contribution is -2.38. The summed E-state index contributed by atoms with van der Waals surface area (Å²) < 4.78 is 0. The average molecular weight is 528 g/mol. The average Bonchev–Trinajstić information content (AvgIpc) is 3.16. The van der Waals surface area contributed by atoms with Crippen molar-refractivity contribution >= 4 is 11.4 Å². The van der Waals surface area contributed by atoms with Crippen LogP contribution in [0.1, 0.15) is 100 Å². The molecule has 1 saturated carbocycles. The van der Waals surface area contributed by atoms with Crippen LogP contribution < -0.4 is 4.90 Å². The molecule has 40 heavy (non-hydrogen) atoms. The molecule has 206 valence electrons. The highest BCUT2D eigenvalue weighted by Gasteiger charge is 2.39. The van der Waals surface area contributed by atoms with E-state index in [0.717, 1.165) is 0 Å². The predicted octanol–water partition coefficient (Wildman–Crippen LogP) is 11.3. The summed E-state index contributed by atoms with van der Waals surface area (Å²) >= 11 is 0. The zero-order valence-electron chi connectivity index (χ0n) is 25.6. The fourth-order valence-corrected chi connectivity index (χ4v) is 7.46. The Bertz CT molecular complexity index is 1540. The van der Waals surface area contributed by atoms with Gasteiger partial charge in [0.25, 0.3) is 0 Å². The molecule has 0 N–H and O–H groups in total. The lowest BCUT2D eigenvalue weighted by molar-refractivity contribution is 0.444.